The molecule has 1 saturated heterocycles. The minimum atomic E-state index is -0.893. The summed E-state index contributed by atoms with van der Waals surface area (Å²) in [4.78, 5) is 36.4. The number of imide groups is 1. The molecule has 1 aliphatic carbocycles. The topological polar surface area (TPSA) is 90.9 Å². The number of nitrogens with zero attached hydrogens (tertiary/aromatic N) is 2. The Morgan fingerprint density at radius 3 is 2.52 bits per heavy atom. The standard InChI is InChI=1S/C14H22N4O3/c1-14(2)12(20)18(13(21)15-14)9-8-11(19)17-16-10-6-4-3-5-7-10/h3-9H2,1-2H3,(H,15,21)(H,17,19). The van der Waals surface area contributed by atoms with Gasteiger partial charge in [0.2, 0.25) is 5.91 Å². The predicted molar refractivity (Wildman–Crippen MR) is 77.6 cm³/mol. The summed E-state index contributed by atoms with van der Waals surface area (Å²) in [5, 5.41) is 6.69. The number of amides is 4. The molecule has 0 atom stereocenters. The van der Waals surface area contributed by atoms with E-state index in [4.69, 9.17) is 0 Å². The Kier molecular flexibility index (Phi) is 4.59. The Labute approximate surface area is 124 Å². The molecule has 2 rings (SSSR count). The van der Waals surface area contributed by atoms with Gasteiger partial charge in [-0.1, -0.05) is 6.42 Å². The second-order valence-corrected chi connectivity index (χ2v) is 6.04. The van der Waals surface area contributed by atoms with Crippen LogP contribution >= 0.6 is 0 Å². The van der Waals surface area contributed by atoms with Gasteiger partial charge in [0, 0.05) is 18.7 Å². The van der Waals surface area contributed by atoms with E-state index < -0.39 is 11.6 Å². The molecule has 1 saturated carbocycles. The summed E-state index contributed by atoms with van der Waals surface area (Å²) in [7, 11) is 0. The molecule has 1 heterocycles. The minimum absolute atomic E-state index is 0.0615. The van der Waals surface area contributed by atoms with Crippen molar-refractivity contribution in [3.8, 4) is 0 Å². The predicted octanol–water partition coefficient (Wildman–Crippen LogP) is 1.14. The average molecular weight is 294 g/mol. The van der Waals surface area contributed by atoms with Crippen molar-refractivity contribution in [1.29, 1.82) is 0 Å². The Bertz CT molecular complexity index is 477. The molecule has 1 aliphatic heterocycles. The van der Waals surface area contributed by atoms with E-state index >= 15 is 0 Å². The van der Waals surface area contributed by atoms with Crippen molar-refractivity contribution in [2.45, 2.75) is 57.9 Å². The number of hydrazone groups is 1. The second kappa shape index (κ2) is 6.24. The number of rotatable bonds is 4. The Morgan fingerprint density at radius 2 is 1.95 bits per heavy atom. The van der Waals surface area contributed by atoms with E-state index in [9.17, 15) is 14.4 Å². The Balaban J connectivity index is 1.79. The molecule has 2 N–H and O–H groups in total. The van der Waals surface area contributed by atoms with E-state index in [0.29, 0.717) is 0 Å². The lowest BCUT2D eigenvalue weighted by Gasteiger charge is -2.15. The van der Waals surface area contributed by atoms with Crippen molar-refractivity contribution in [2.24, 2.45) is 5.10 Å². The van der Waals surface area contributed by atoms with E-state index in [-0.39, 0.29) is 24.8 Å². The Morgan fingerprint density at radius 1 is 1.29 bits per heavy atom. The molecule has 0 spiro atoms. The van der Waals surface area contributed by atoms with Crippen molar-refractivity contribution in [3.63, 3.8) is 0 Å². The fourth-order valence-corrected chi connectivity index (χ4v) is 2.50. The van der Waals surface area contributed by atoms with E-state index in [1.165, 1.54) is 6.42 Å². The van der Waals surface area contributed by atoms with E-state index in [2.05, 4.69) is 15.8 Å². The second-order valence-electron chi connectivity index (χ2n) is 6.04. The largest absolute Gasteiger partial charge is 0.325 e. The first-order valence-electron chi connectivity index (χ1n) is 7.38. The van der Waals surface area contributed by atoms with Crippen LogP contribution in [0.3, 0.4) is 0 Å². The summed E-state index contributed by atoms with van der Waals surface area (Å²) in [6.45, 7) is 3.36. The molecule has 0 bridgehead atoms. The zero-order chi connectivity index (χ0) is 15.5. The van der Waals surface area contributed by atoms with Crippen LogP contribution in [0.1, 0.15) is 52.4 Å². The highest BCUT2D eigenvalue weighted by atomic mass is 16.2. The lowest BCUT2D eigenvalue weighted by molar-refractivity contribution is -0.130. The van der Waals surface area contributed by atoms with Crippen LogP contribution in [0.25, 0.3) is 0 Å². The van der Waals surface area contributed by atoms with Gasteiger partial charge in [-0.25, -0.2) is 10.2 Å². The zero-order valence-electron chi connectivity index (χ0n) is 12.6. The first kappa shape index (κ1) is 15.5. The third kappa shape index (κ3) is 3.80. The summed E-state index contributed by atoms with van der Waals surface area (Å²) in [6.07, 6.45) is 5.38. The molecule has 0 radical (unpaired) electrons. The number of urea groups is 1. The molecule has 7 nitrogen and oxygen atoms in total. The SMILES string of the molecule is CC1(C)NC(=O)N(CCC(=O)NN=C2CCCCC2)C1=O. The van der Waals surface area contributed by atoms with Gasteiger partial charge in [0.05, 0.1) is 0 Å². The molecule has 7 heteroatoms. The van der Waals surface area contributed by atoms with Gasteiger partial charge < -0.3 is 5.32 Å². The molecule has 4 amide bonds. The van der Waals surface area contributed by atoms with E-state index in [0.717, 1.165) is 36.3 Å². The van der Waals surface area contributed by atoms with Gasteiger partial charge in [0.1, 0.15) is 5.54 Å². The van der Waals surface area contributed by atoms with Crippen LogP contribution in [0.2, 0.25) is 0 Å². The summed E-state index contributed by atoms with van der Waals surface area (Å²) < 4.78 is 0. The van der Waals surface area contributed by atoms with E-state index in [1.54, 1.807) is 13.8 Å². The molecule has 0 aromatic heterocycles. The monoisotopic (exact) mass is 294 g/mol. The molecule has 0 aromatic rings. The molecular weight excluding hydrogens is 272 g/mol. The normalized spacial score (nSPS) is 21.2. The van der Waals surface area contributed by atoms with Gasteiger partial charge >= 0.3 is 6.03 Å². The first-order valence-corrected chi connectivity index (χ1v) is 7.38. The quantitative estimate of drug-likeness (QED) is 0.602. The van der Waals surface area contributed by atoms with Crippen molar-refractivity contribution < 1.29 is 14.4 Å². The van der Waals surface area contributed by atoms with Gasteiger partial charge in [-0.3, -0.25) is 14.5 Å². The van der Waals surface area contributed by atoms with Crippen LogP contribution in [0.15, 0.2) is 5.10 Å². The highest BCUT2D eigenvalue weighted by molar-refractivity contribution is 6.06. The summed E-state index contributed by atoms with van der Waals surface area (Å²) in [6, 6.07) is -0.448. The maximum Gasteiger partial charge on any atom is 0.325 e. The fourth-order valence-electron chi connectivity index (χ4n) is 2.50. The third-order valence-corrected chi connectivity index (χ3v) is 3.78. The molecule has 21 heavy (non-hydrogen) atoms. The first-order chi connectivity index (χ1) is 9.90. The number of carbonyl (C=O) groups is 3. The number of carbonyl (C=O) groups excluding carboxylic acids is 3. The van der Waals surface area contributed by atoms with Crippen LogP contribution in [-0.2, 0) is 9.59 Å². The Hall–Kier alpha value is -1.92. The average Bonchev–Trinajstić information content (AvgIpc) is 2.64. The van der Waals surface area contributed by atoms with Gasteiger partial charge in [0.25, 0.3) is 5.91 Å². The van der Waals surface area contributed by atoms with Crippen LogP contribution in [0, 0.1) is 0 Å². The summed E-state index contributed by atoms with van der Waals surface area (Å²) >= 11 is 0. The van der Waals surface area contributed by atoms with Crippen LogP contribution in [0.4, 0.5) is 4.79 Å². The summed E-state index contributed by atoms with van der Waals surface area (Å²) in [5.74, 6) is -0.586. The third-order valence-electron chi connectivity index (χ3n) is 3.78. The van der Waals surface area contributed by atoms with Crippen LogP contribution in [-0.4, -0.2) is 40.5 Å². The van der Waals surface area contributed by atoms with Crippen molar-refractivity contribution in [2.75, 3.05) is 6.54 Å². The molecule has 116 valence electrons. The maximum absolute atomic E-state index is 11.9. The molecule has 2 fully saturated rings. The number of hydrogen-bond donors (Lipinski definition) is 2. The molecule has 0 aromatic carbocycles. The maximum atomic E-state index is 11.9. The molecule has 0 unspecified atom stereocenters. The lowest BCUT2D eigenvalue weighted by atomic mass is 9.99. The van der Waals surface area contributed by atoms with Gasteiger partial charge in [-0.05, 0) is 39.5 Å². The summed E-state index contributed by atoms with van der Waals surface area (Å²) in [5.41, 5.74) is 2.63. The van der Waals surface area contributed by atoms with Crippen molar-refractivity contribution in [1.82, 2.24) is 15.6 Å². The minimum Gasteiger partial charge on any atom is -0.324 e. The molecular formula is C14H22N4O3. The fraction of sp³-hybridized carbons (Fsp3) is 0.714. The van der Waals surface area contributed by atoms with Crippen molar-refractivity contribution >= 4 is 23.6 Å². The van der Waals surface area contributed by atoms with E-state index in [1.807, 2.05) is 0 Å². The number of hydrogen-bond acceptors (Lipinski definition) is 4. The van der Waals surface area contributed by atoms with Gasteiger partial charge in [-0.2, -0.15) is 5.10 Å². The number of nitrogens with one attached hydrogen (secondary N) is 2. The molecule has 2 aliphatic rings. The highest BCUT2D eigenvalue weighted by Crippen LogP contribution is 2.17. The zero-order valence-corrected chi connectivity index (χ0v) is 12.6. The van der Waals surface area contributed by atoms with Crippen LogP contribution < -0.4 is 10.7 Å². The lowest BCUT2D eigenvalue weighted by Crippen LogP contribution is -2.40. The van der Waals surface area contributed by atoms with Crippen LogP contribution in [0.5, 0.6) is 0 Å². The van der Waals surface area contributed by atoms with Gasteiger partial charge in [-0.15, -0.1) is 0 Å². The van der Waals surface area contributed by atoms with Crippen molar-refractivity contribution in [3.05, 3.63) is 0 Å². The van der Waals surface area contributed by atoms with Gasteiger partial charge in [0.15, 0.2) is 0 Å². The highest BCUT2D eigenvalue weighted by Gasteiger charge is 2.43. The smallest absolute Gasteiger partial charge is 0.324 e.